The minimum atomic E-state index is -3.13. The van der Waals surface area contributed by atoms with Crippen molar-refractivity contribution >= 4 is 5.69 Å². The molecule has 0 radical (unpaired) electrons. The number of benzene rings is 1. The zero-order valence-electron chi connectivity index (χ0n) is 13.2. The van der Waals surface area contributed by atoms with Crippen molar-refractivity contribution in [2.75, 3.05) is 11.9 Å². The summed E-state index contributed by atoms with van der Waals surface area (Å²) in [5.41, 5.74) is 8.60. The topological polar surface area (TPSA) is 79.6 Å². The van der Waals surface area contributed by atoms with E-state index in [1.54, 1.807) is 12.3 Å². The van der Waals surface area contributed by atoms with Crippen LogP contribution in [-0.2, 0) is 0 Å². The molecule has 132 valence electrons. The fourth-order valence-corrected chi connectivity index (χ4v) is 1.79. The van der Waals surface area contributed by atoms with Gasteiger partial charge in [0, 0.05) is 30.2 Å². The van der Waals surface area contributed by atoms with E-state index in [2.05, 4.69) is 20.2 Å². The molecule has 0 aliphatic carbocycles. The third kappa shape index (κ3) is 5.79. The van der Waals surface area contributed by atoms with E-state index in [1.165, 1.54) is 12.3 Å². The molecular weight excluding hydrogens is 337 g/mol. The number of halogens is 3. The Hall–Kier alpha value is -3.10. The molecule has 1 heterocycles. The highest BCUT2D eigenvalue weighted by Crippen LogP contribution is 2.24. The Morgan fingerprint density at radius 1 is 1.36 bits per heavy atom. The number of hydrogen-bond donors (Lipinski definition) is 2. The fourth-order valence-electron chi connectivity index (χ4n) is 1.79. The van der Waals surface area contributed by atoms with Crippen LogP contribution in [0.1, 0.15) is 5.56 Å². The van der Waals surface area contributed by atoms with Crippen LogP contribution in [0, 0.1) is 18.3 Å². The number of aryl methyl sites for hydroxylation is 1. The monoisotopic (exact) mass is 352 g/mol. The number of pyridine rings is 1. The first-order valence-electron chi connectivity index (χ1n) is 7.11. The van der Waals surface area contributed by atoms with Crippen LogP contribution in [0.15, 0.2) is 53.5 Å². The number of anilines is 1. The number of rotatable bonds is 8. The number of aromatic nitrogens is 1. The van der Waals surface area contributed by atoms with Crippen molar-refractivity contribution in [2.24, 2.45) is 5.11 Å². The lowest BCUT2D eigenvalue weighted by atomic mass is 10.3. The van der Waals surface area contributed by atoms with Crippen molar-refractivity contribution in [1.82, 2.24) is 4.98 Å². The Balaban J connectivity index is 2.01. The largest absolute Gasteiger partial charge is 0.471 e. The minimum Gasteiger partial charge on any atom is -0.471 e. The summed E-state index contributed by atoms with van der Waals surface area (Å²) in [6, 6.07) is 6.92. The van der Waals surface area contributed by atoms with Crippen molar-refractivity contribution in [3.63, 3.8) is 0 Å². The zero-order chi connectivity index (χ0) is 18.2. The molecule has 0 unspecified atom stereocenters. The molecule has 25 heavy (non-hydrogen) atoms. The number of hydrogen-bond acceptors (Lipinski definition) is 6. The van der Waals surface area contributed by atoms with Crippen LogP contribution >= 0.6 is 0 Å². The van der Waals surface area contributed by atoms with Crippen LogP contribution in [0.2, 0.25) is 0 Å². The maximum absolute atomic E-state index is 13.4. The molecule has 9 heteroatoms. The van der Waals surface area contributed by atoms with Gasteiger partial charge in [0.2, 0.25) is 5.88 Å². The van der Waals surface area contributed by atoms with Crippen LogP contribution in [0.25, 0.3) is 0 Å². The number of nitrogens with zero attached hydrogens (tertiary/aromatic N) is 2. The molecule has 0 amide bonds. The molecule has 0 saturated carbocycles. The predicted molar refractivity (Wildman–Crippen MR) is 84.4 cm³/mol. The summed E-state index contributed by atoms with van der Waals surface area (Å²) in [5, 5.41) is 6.02. The molecule has 0 aliphatic heterocycles. The minimum absolute atomic E-state index is 0.0332. The highest BCUT2D eigenvalue weighted by molar-refractivity contribution is 5.51. The first-order chi connectivity index (χ1) is 12.0. The van der Waals surface area contributed by atoms with Crippen molar-refractivity contribution in [3.05, 3.63) is 59.8 Å². The summed E-state index contributed by atoms with van der Waals surface area (Å²) in [4.78, 5) is 4.01. The average molecular weight is 352 g/mol. The first-order valence-corrected chi connectivity index (χ1v) is 7.11. The Bertz CT molecular complexity index is 769. The normalized spacial score (nSPS) is 11.3. The molecule has 6 nitrogen and oxygen atoms in total. The van der Waals surface area contributed by atoms with E-state index in [-0.39, 0.29) is 18.0 Å². The third-order valence-electron chi connectivity index (χ3n) is 2.95. The summed E-state index contributed by atoms with van der Waals surface area (Å²) in [6.07, 6.45) is 2.93. The molecule has 0 fully saturated rings. The number of nitrogens with one attached hydrogen (secondary N) is 2. The third-order valence-corrected chi connectivity index (χ3v) is 2.95. The maximum atomic E-state index is 13.4. The summed E-state index contributed by atoms with van der Waals surface area (Å²) in [7, 11) is 0. The Kier molecular flexibility index (Phi) is 6.33. The molecule has 0 spiro atoms. The summed E-state index contributed by atoms with van der Waals surface area (Å²) >= 11 is 0. The van der Waals surface area contributed by atoms with Gasteiger partial charge in [-0.05, 0) is 30.7 Å². The van der Waals surface area contributed by atoms with Gasteiger partial charge >= 0.3 is 6.61 Å². The molecule has 0 aliphatic rings. The van der Waals surface area contributed by atoms with Gasteiger partial charge in [-0.15, -0.1) is 0 Å². The van der Waals surface area contributed by atoms with Gasteiger partial charge < -0.3 is 14.8 Å². The van der Waals surface area contributed by atoms with Crippen molar-refractivity contribution in [2.45, 2.75) is 13.5 Å². The van der Waals surface area contributed by atoms with Crippen LogP contribution in [-0.4, -0.2) is 18.2 Å². The molecule has 1 aromatic heterocycles. The van der Waals surface area contributed by atoms with Gasteiger partial charge in [0.1, 0.15) is 12.3 Å². The van der Waals surface area contributed by atoms with Gasteiger partial charge in [-0.2, -0.15) is 13.9 Å². The number of ether oxygens (including phenoxy) is 2. The van der Waals surface area contributed by atoms with E-state index in [9.17, 15) is 13.2 Å². The Morgan fingerprint density at radius 3 is 2.84 bits per heavy atom. The van der Waals surface area contributed by atoms with Crippen LogP contribution < -0.4 is 14.8 Å². The van der Waals surface area contributed by atoms with Gasteiger partial charge in [0.15, 0.2) is 11.6 Å². The SMILES string of the molecule is Cc1ccnc(OC/C(=C/Nc2ccc(F)c(OC(F)F)c2)N=N)c1. The smallest absolute Gasteiger partial charge is 0.387 e. The molecule has 0 bridgehead atoms. The zero-order valence-corrected chi connectivity index (χ0v) is 13.2. The maximum Gasteiger partial charge on any atom is 0.387 e. The highest BCUT2D eigenvalue weighted by atomic mass is 19.3. The first kappa shape index (κ1) is 18.2. The van der Waals surface area contributed by atoms with Crippen molar-refractivity contribution in [1.29, 1.82) is 5.53 Å². The standard InChI is InChI=1S/C16H15F3N4O2/c1-10-4-5-21-15(6-10)24-9-12(23-20)8-22-11-2-3-13(17)14(7-11)25-16(18)19/h2-8,16,20,22H,9H2,1H3/b12-8-,23-20?. The Labute approximate surface area is 141 Å². The van der Waals surface area contributed by atoms with Crippen molar-refractivity contribution < 1.29 is 22.6 Å². The molecule has 2 rings (SSSR count). The van der Waals surface area contributed by atoms with Crippen molar-refractivity contribution in [3.8, 4) is 11.6 Å². The van der Waals surface area contributed by atoms with Crippen LogP contribution in [0.4, 0.5) is 18.9 Å². The van der Waals surface area contributed by atoms with Gasteiger partial charge in [0.25, 0.3) is 0 Å². The lowest BCUT2D eigenvalue weighted by Gasteiger charge is -2.09. The van der Waals surface area contributed by atoms with E-state index < -0.39 is 18.2 Å². The van der Waals surface area contributed by atoms with E-state index in [1.807, 2.05) is 13.0 Å². The molecule has 2 N–H and O–H groups in total. The highest BCUT2D eigenvalue weighted by Gasteiger charge is 2.10. The van der Waals surface area contributed by atoms with Crippen LogP contribution in [0.5, 0.6) is 11.6 Å². The fraction of sp³-hybridized carbons (Fsp3) is 0.188. The lowest BCUT2D eigenvalue weighted by molar-refractivity contribution is -0.0521. The molecule has 2 aromatic rings. The summed E-state index contributed by atoms with van der Waals surface area (Å²) in [5.74, 6) is -1.11. The lowest BCUT2D eigenvalue weighted by Crippen LogP contribution is -2.05. The molecule has 1 aromatic carbocycles. The molecular formula is C16H15F3N4O2. The van der Waals surface area contributed by atoms with Gasteiger partial charge in [0.05, 0.1) is 0 Å². The quantitative estimate of drug-likeness (QED) is 0.686. The van der Waals surface area contributed by atoms with E-state index in [0.717, 1.165) is 17.7 Å². The van der Waals surface area contributed by atoms with Gasteiger partial charge in [-0.3, -0.25) is 0 Å². The molecule has 0 atom stereocenters. The second-order valence-electron chi connectivity index (χ2n) is 4.88. The average Bonchev–Trinajstić information content (AvgIpc) is 2.57. The van der Waals surface area contributed by atoms with E-state index in [4.69, 9.17) is 10.3 Å². The number of alkyl halides is 2. The summed E-state index contributed by atoms with van der Waals surface area (Å²) in [6.45, 7) is -1.28. The van der Waals surface area contributed by atoms with Gasteiger partial charge in [-0.1, -0.05) is 0 Å². The van der Waals surface area contributed by atoms with Gasteiger partial charge in [-0.25, -0.2) is 14.9 Å². The van der Waals surface area contributed by atoms with E-state index >= 15 is 0 Å². The Morgan fingerprint density at radius 2 is 2.16 bits per heavy atom. The second-order valence-corrected chi connectivity index (χ2v) is 4.88. The van der Waals surface area contributed by atoms with E-state index in [0.29, 0.717) is 5.88 Å². The second kappa shape index (κ2) is 8.67. The molecule has 0 saturated heterocycles. The predicted octanol–water partition coefficient (Wildman–Crippen LogP) is 4.49. The van der Waals surface area contributed by atoms with Crippen LogP contribution in [0.3, 0.4) is 0 Å². The summed E-state index contributed by atoms with van der Waals surface area (Å²) < 4.78 is 47.3.